The number of thiocarbonyl (C=S) groups is 1. The molecule has 0 fully saturated rings. The van der Waals surface area contributed by atoms with E-state index in [2.05, 4.69) is 16.7 Å². The summed E-state index contributed by atoms with van der Waals surface area (Å²) in [6, 6.07) is 18.9. The van der Waals surface area contributed by atoms with Gasteiger partial charge >= 0.3 is 0 Å². The maximum absolute atomic E-state index is 13.3. The Hall–Kier alpha value is -3.31. The zero-order valence-electron chi connectivity index (χ0n) is 18.7. The van der Waals surface area contributed by atoms with Crippen LogP contribution in [-0.2, 0) is 12.8 Å². The minimum absolute atomic E-state index is 0.164. The van der Waals surface area contributed by atoms with Crippen molar-refractivity contribution in [1.29, 1.82) is 5.26 Å². The highest BCUT2D eigenvalue weighted by Gasteiger charge is 2.21. The van der Waals surface area contributed by atoms with Gasteiger partial charge in [0.1, 0.15) is 11.1 Å². The summed E-state index contributed by atoms with van der Waals surface area (Å²) in [4.78, 5) is 19.3. The predicted octanol–water partition coefficient (Wildman–Crippen LogP) is 6.88. The van der Waals surface area contributed by atoms with Crippen LogP contribution in [0.1, 0.15) is 45.6 Å². The van der Waals surface area contributed by atoms with E-state index in [9.17, 15) is 10.1 Å². The van der Waals surface area contributed by atoms with Gasteiger partial charge in [0.2, 0.25) is 0 Å². The molecule has 0 atom stereocenters. The fourth-order valence-corrected chi connectivity index (χ4v) is 6.02. The van der Waals surface area contributed by atoms with Gasteiger partial charge in [-0.15, -0.1) is 11.3 Å². The number of thiophene rings is 1. The van der Waals surface area contributed by atoms with E-state index in [4.69, 9.17) is 28.8 Å². The lowest BCUT2D eigenvalue weighted by molar-refractivity contribution is 0.0979. The first-order valence-corrected chi connectivity index (χ1v) is 13.0. The van der Waals surface area contributed by atoms with Crippen molar-refractivity contribution in [1.82, 2.24) is 10.3 Å². The number of hydrogen-bond acceptors (Lipinski definition) is 5. The van der Waals surface area contributed by atoms with Crippen LogP contribution in [0.5, 0.6) is 0 Å². The number of aryl methyl sites for hydroxylation is 1. The third-order valence-corrected chi connectivity index (χ3v) is 7.75. The molecule has 174 valence electrons. The van der Waals surface area contributed by atoms with E-state index in [1.165, 1.54) is 11.3 Å². The lowest BCUT2D eigenvalue weighted by atomic mass is 10.0. The third kappa shape index (κ3) is 4.92. The monoisotopic (exact) mass is 516 g/mol. The maximum Gasteiger partial charge on any atom is 0.258 e. The van der Waals surface area contributed by atoms with Crippen molar-refractivity contribution in [2.24, 2.45) is 0 Å². The van der Waals surface area contributed by atoms with Crippen molar-refractivity contribution in [3.05, 3.63) is 81.2 Å². The molecule has 0 saturated carbocycles. The number of benzene rings is 2. The van der Waals surface area contributed by atoms with Crippen molar-refractivity contribution in [2.75, 3.05) is 5.32 Å². The minimum atomic E-state index is -0.340. The number of nitrogens with zero attached hydrogens (tertiary/aromatic N) is 2. The SMILES string of the molecule is N#Cc1c(NC(=S)NC(=O)c2cc(-c3ccc(Cl)cc3)nc3ccccc23)sc2c1CCCCC2. The predicted molar refractivity (Wildman–Crippen MR) is 146 cm³/mol. The number of carbonyl (C=O) groups is 1. The van der Waals surface area contributed by atoms with Crippen LogP contribution in [0.4, 0.5) is 5.00 Å². The first kappa shape index (κ1) is 23.4. The Morgan fingerprint density at radius 1 is 1.09 bits per heavy atom. The van der Waals surface area contributed by atoms with Gasteiger partial charge in [-0.3, -0.25) is 10.1 Å². The van der Waals surface area contributed by atoms with Gasteiger partial charge in [-0.2, -0.15) is 5.26 Å². The minimum Gasteiger partial charge on any atom is -0.323 e. The third-order valence-electron chi connectivity index (χ3n) is 6.09. The first-order chi connectivity index (χ1) is 17.0. The van der Waals surface area contributed by atoms with E-state index in [0.717, 1.165) is 42.2 Å². The largest absolute Gasteiger partial charge is 0.323 e. The molecule has 5 rings (SSSR count). The standard InChI is InChI=1S/C27H21ClN4OS2/c28-17-12-10-16(11-13-17)23-14-20(18-6-4-5-8-22(18)30-23)25(33)31-27(34)32-26-21(15-29)19-7-2-1-3-9-24(19)35-26/h4-6,8,10-14H,1-3,7,9H2,(H2,31,32,33,34). The van der Waals surface area contributed by atoms with Gasteiger partial charge in [-0.1, -0.05) is 48.4 Å². The Kier molecular flexibility index (Phi) is 6.78. The second-order valence-electron chi connectivity index (χ2n) is 8.37. The van der Waals surface area contributed by atoms with E-state index < -0.39 is 0 Å². The number of halogens is 1. The Bertz CT molecular complexity index is 1490. The van der Waals surface area contributed by atoms with Gasteiger partial charge in [0.25, 0.3) is 5.91 Å². The summed E-state index contributed by atoms with van der Waals surface area (Å²) in [5.74, 6) is -0.340. The second kappa shape index (κ2) is 10.1. The number of nitrogens with one attached hydrogen (secondary N) is 2. The highest BCUT2D eigenvalue weighted by Crippen LogP contribution is 2.37. The van der Waals surface area contributed by atoms with Crippen LogP contribution >= 0.6 is 35.2 Å². The van der Waals surface area contributed by atoms with Gasteiger partial charge in [-0.05, 0) is 67.7 Å². The molecule has 2 heterocycles. The number of pyridine rings is 1. The summed E-state index contributed by atoms with van der Waals surface area (Å²) in [7, 11) is 0. The lowest BCUT2D eigenvalue weighted by Crippen LogP contribution is -2.34. The number of fused-ring (bicyclic) bond motifs is 2. The summed E-state index contributed by atoms with van der Waals surface area (Å²) in [6.07, 6.45) is 5.29. The van der Waals surface area contributed by atoms with E-state index in [0.29, 0.717) is 32.4 Å². The van der Waals surface area contributed by atoms with Crippen LogP contribution in [0.25, 0.3) is 22.2 Å². The van der Waals surface area contributed by atoms with Crippen LogP contribution in [0.3, 0.4) is 0 Å². The zero-order chi connectivity index (χ0) is 24.4. The van der Waals surface area contributed by atoms with E-state index >= 15 is 0 Å². The molecule has 1 amide bonds. The highest BCUT2D eigenvalue weighted by molar-refractivity contribution is 7.80. The summed E-state index contributed by atoms with van der Waals surface area (Å²) in [6.45, 7) is 0. The van der Waals surface area contributed by atoms with E-state index in [-0.39, 0.29) is 11.0 Å². The molecule has 2 aromatic carbocycles. The van der Waals surface area contributed by atoms with Gasteiger partial charge in [0, 0.05) is 20.8 Å². The number of para-hydroxylation sites is 1. The summed E-state index contributed by atoms with van der Waals surface area (Å²) >= 11 is 13.1. The van der Waals surface area contributed by atoms with Gasteiger partial charge in [-0.25, -0.2) is 4.98 Å². The molecule has 0 aliphatic heterocycles. The quantitative estimate of drug-likeness (QED) is 0.229. The van der Waals surface area contributed by atoms with Crippen molar-refractivity contribution >= 4 is 62.1 Å². The fraction of sp³-hybridized carbons (Fsp3) is 0.185. The normalized spacial score (nSPS) is 12.9. The van der Waals surface area contributed by atoms with Crippen LogP contribution in [0, 0.1) is 11.3 Å². The maximum atomic E-state index is 13.3. The van der Waals surface area contributed by atoms with Gasteiger partial charge in [0.15, 0.2) is 5.11 Å². The molecule has 2 aromatic heterocycles. The van der Waals surface area contributed by atoms with Crippen LogP contribution in [0.15, 0.2) is 54.6 Å². The van der Waals surface area contributed by atoms with Gasteiger partial charge < -0.3 is 5.32 Å². The lowest BCUT2D eigenvalue weighted by Gasteiger charge is -2.12. The Morgan fingerprint density at radius 2 is 1.86 bits per heavy atom. The molecule has 0 saturated heterocycles. The van der Waals surface area contributed by atoms with E-state index in [1.54, 1.807) is 29.5 Å². The highest BCUT2D eigenvalue weighted by atomic mass is 35.5. The Balaban J connectivity index is 1.42. The molecule has 5 nitrogen and oxygen atoms in total. The van der Waals surface area contributed by atoms with Crippen LogP contribution in [0.2, 0.25) is 5.02 Å². The average molecular weight is 517 g/mol. The van der Waals surface area contributed by atoms with Crippen molar-refractivity contribution in [3.63, 3.8) is 0 Å². The molecule has 8 heteroatoms. The molecule has 0 spiro atoms. The zero-order valence-corrected chi connectivity index (χ0v) is 21.1. The summed E-state index contributed by atoms with van der Waals surface area (Å²) in [5.41, 5.74) is 4.46. The molecule has 1 aliphatic rings. The molecule has 2 N–H and O–H groups in total. The van der Waals surface area contributed by atoms with Crippen molar-refractivity contribution in [2.45, 2.75) is 32.1 Å². The van der Waals surface area contributed by atoms with Gasteiger partial charge in [0.05, 0.1) is 22.3 Å². The molecule has 35 heavy (non-hydrogen) atoms. The molecule has 0 unspecified atom stereocenters. The molecular weight excluding hydrogens is 496 g/mol. The molecule has 4 aromatic rings. The second-order valence-corrected chi connectivity index (χ2v) is 10.3. The van der Waals surface area contributed by atoms with Crippen LogP contribution in [-0.4, -0.2) is 16.0 Å². The average Bonchev–Trinajstić information content (AvgIpc) is 3.02. The number of anilines is 1. The van der Waals surface area contributed by atoms with E-state index in [1.807, 2.05) is 36.4 Å². The fourth-order valence-electron chi connectivity index (χ4n) is 4.39. The first-order valence-electron chi connectivity index (χ1n) is 11.4. The Morgan fingerprint density at radius 3 is 2.66 bits per heavy atom. The summed E-state index contributed by atoms with van der Waals surface area (Å²) < 4.78 is 0. The van der Waals surface area contributed by atoms with Crippen molar-refractivity contribution in [3.8, 4) is 17.3 Å². The molecule has 0 bridgehead atoms. The molecule has 0 radical (unpaired) electrons. The molecule has 1 aliphatic carbocycles. The van der Waals surface area contributed by atoms with Crippen LogP contribution < -0.4 is 10.6 Å². The smallest absolute Gasteiger partial charge is 0.258 e. The number of carbonyl (C=O) groups excluding carboxylic acids is 1. The van der Waals surface area contributed by atoms with Crippen molar-refractivity contribution < 1.29 is 4.79 Å². The number of hydrogen-bond donors (Lipinski definition) is 2. The molecular formula is C27H21ClN4OS2. The number of rotatable bonds is 3. The number of aromatic nitrogens is 1. The number of nitriles is 1. The topological polar surface area (TPSA) is 77.8 Å². The summed E-state index contributed by atoms with van der Waals surface area (Å²) in [5, 5.41) is 17.9. The number of amides is 1. The Labute approximate surface area is 217 Å².